The molecule has 0 saturated heterocycles. The van der Waals surface area contributed by atoms with Gasteiger partial charge >= 0.3 is 0 Å². The monoisotopic (exact) mass is 281 g/mol. The van der Waals surface area contributed by atoms with Crippen LogP contribution in [-0.2, 0) is 16.2 Å². The molecule has 0 aliphatic carbocycles. The van der Waals surface area contributed by atoms with Crippen molar-refractivity contribution in [1.82, 2.24) is 0 Å². The largest absolute Gasteiger partial charge is 0.371 e. The van der Waals surface area contributed by atoms with Crippen molar-refractivity contribution >= 4 is 16.5 Å². The second kappa shape index (κ2) is 6.56. The lowest BCUT2D eigenvalue weighted by Gasteiger charge is -2.28. The zero-order chi connectivity index (χ0) is 14.6. The van der Waals surface area contributed by atoms with E-state index in [1.807, 2.05) is 6.07 Å². The maximum Gasteiger partial charge on any atom is 0.0618 e. The molecule has 19 heavy (non-hydrogen) atoms. The third-order valence-corrected chi connectivity index (χ3v) is 4.32. The van der Waals surface area contributed by atoms with Crippen LogP contribution < -0.4 is 4.90 Å². The molecule has 1 atom stereocenters. The molecule has 1 unspecified atom stereocenters. The quantitative estimate of drug-likeness (QED) is 0.814. The molecule has 0 fully saturated rings. The number of benzene rings is 1. The third-order valence-electron chi connectivity index (χ3n) is 3.35. The molecular formula is C16H27NOS. The molecule has 0 aliphatic heterocycles. The minimum absolute atomic E-state index is 0.119. The van der Waals surface area contributed by atoms with Crippen LogP contribution in [0.4, 0.5) is 5.69 Å². The summed E-state index contributed by atoms with van der Waals surface area (Å²) in [4.78, 5) is 3.27. The van der Waals surface area contributed by atoms with E-state index in [1.165, 1.54) is 5.56 Å². The Morgan fingerprint density at radius 2 is 1.84 bits per heavy atom. The van der Waals surface area contributed by atoms with E-state index in [0.717, 1.165) is 30.1 Å². The first-order valence-electron chi connectivity index (χ1n) is 7.04. The van der Waals surface area contributed by atoms with Crippen molar-refractivity contribution in [2.45, 2.75) is 51.3 Å². The van der Waals surface area contributed by atoms with Gasteiger partial charge in [0.1, 0.15) is 0 Å². The summed E-state index contributed by atoms with van der Waals surface area (Å²) in [5.74, 6) is 0. The van der Waals surface area contributed by atoms with Gasteiger partial charge in [0.25, 0.3) is 0 Å². The van der Waals surface area contributed by atoms with E-state index in [9.17, 15) is 4.21 Å². The first-order valence-corrected chi connectivity index (χ1v) is 8.60. The van der Waals surface area contributed by atoms with Crippen molar-refractivity contribution in [3.05, 3.63) is 23.8 Å². The summed E-state index contributed by atoms with van der Waals surface area (Å²) in [7, 11) is -0.943. The van der Waals surface area contributed by atoms with E-state index < -0.39 is 10.8 Å². The Morgan fingerprint density at radius 3 is 2.26 bits per heavy atom. The van der Waals surface area contributed by atoms with Crippen LogP contribution in [0.5, 0.6) is 0 Å². The van der Waals surface area contributed by atoms with E-state index in [1.54, 1.807) is 6.26 Å². The molecule has 0 aliphatic rings. The third kappa shape index (κ3) is 4.07. The fraction of sp³-hybridized carbons (Fsp3) is 0.625. The summed E-state index contributed by atoms with van der Waals surface area (Å²) >= 11 is 0. The average molecular weight is 281 g/mol. The van der Waals surface area contributed by atoms with Gasteiger partial charge in [-0.2, -0.15) is 0 Å². The maximum atomic E-state index is 11.9. The van der Waals surface area contributed by atoms with Crippen molar-refractivity contribution in [3.8, 4) is 0 Å². The molecule has 1 aromatic carbocycles. The van der Waals surface area contributed by atoms with Crippen LogP contribution in [0.15, 0.2) is 23.1 Å². The lowest BCUT2D eigenvalue weighted by Crippen LogP contribution is -2.25. The fourth-order valence-corrected chi connectivity index (χ4v) is 2.94. The molecule has 1 aromatic rings. The molecule has 0 amide bonds. The number of nitrogens with zero attached hydrogens (tertiary/aromatic N) is 1. The van der Waals surface area contributed by atoms with Crippen LogP contribution >= 0.6 is 0 Å². The molecule has 108 valence electrons. The molecule has 0 bridgehead atoms. The van der Waals surface area contributed by atoms with E-state index in [0.29, 0.717) is 0 Å². The van der Waals surface area contributed by atoms with Gasteiger partial charge in [-0.1, -0.05) is 33.8 Å². The SMILES string of the molecule is CCCN(CC)c1cc(C(C)(C)C)ccc1S(C)=O. The Bertz CT molecular complexity index is 449. The smallest absolute Gasteiger partial charge is 0.0618 e. The Kier molecular flexibility index (Phi) is 5.60. The Morgan fingerprint density at radius 1 is 1.21 bits per heavy atom. The van der Waals surface area contributed by atoms with E-state index in [4.69, 9.17) is 0 Å². The van der Waals surface area contributed by atoms with Crippen molar-refractivity contribution in [1.29, 1.82) is 0 Å². The minimum Gasteiger partial charge on any atom is -0.371 e. The van der Waals surface area contributed by atoms with Crippen molar-refractivity contribution in [2.75, 3.05) is 24.2 Å². The molecule has 0 radical (unpaired) electrons. The van der Waals surface area contributed by atoms with Gasteiger partial charge in [0, 0.05) is 19.3 Å². The highest BCUT2D eigenvalue weighted by atomic mass is 32.2. The van der Waals surface area contributed by atoms with Gasteiger partial charge in [0.2, 0.25) is 0 Å². The van der Waals surface area contributed by atoms with E-state index in [2.05, 4.69) is 51.7 Å². The summed E-state index contributed by atoms with van der Waals surface area (Å²) in [6.45, 7) is 12.9. The van der Waals surface area contributed by atoms with Gasteiger partial charge < -0.3 is 4.90 Å². The van der Waals surface area contributed by atoms with Gasteiger partial charge in [-0.15, -0.1) is 0 Å². The summed E-state index contributed by atoms with van der Waals surface area (Å²) in [6, 6.07) is 6.36. The van der Waals surface area contributed by atoms with Gasteiger partial charge in [-0.25, -0.2) is 0 Å². The molecule has 0 aromatic heterocycles. The average Bonchev–Trinajstić information content (AvgIpc) is 2.34. The molecule has 3 heteroatoms. The lowest BCUT2D eigenvalue weighted by atomic mass is 9.87. The zero-order valence-corrected chi connectivity index (χ0v) is 13.9. The Labute approximate surface area is 120 Å². The first kappa shape index (κ1) is 16.2. The molecule has 0 saturated carbocycles. The van der Waals surface area contributed by atoms with Gasteiger partial charge in [-0.05, 0) is 36.5 Å². The van der Waals surface area contributed by atoms with Crippen LogP contribution in [0.1, 0.15) is 46.6 Å². The summed E-state index contributed by atoms with van der Waals surface area (Å²) in [5.41, 5.74) is 2.55. The first-order chi connectivity index (χ1) is 8.81. The predicted octanol–water partition coefficient (Wildman–Crippen LogP) is 3.96. The topological polar surface area (TPSA) is 20.3 Å². The molecule has 0 N–H and O–H groups in total. The highest BCUT2D eigenvalue weighted by Gasteiger charge is 2.18. The maximum absolute atomic E-state index is 11.9. The van der Waals surface area contributed by atoms with Gasteiger partial charge in [0.15, 0.2) is 0 Å². The highest BCUT2D eigenvalue weighted by molar-refractivity contribution is 7.84. The lowest BCUT2D eigenvalue weighted by molar-refractivity contribution is 0.589. The number of anilines is 1. The molecular weight excluding hydrogens is 254 g/mol. The van der Waals surface area contributed by atoms with Crippen molar-refractivity contribution in [3.63, 3.8) is 0 Å². The van der Waals surface area contributed by atoms with Crippen LogP contribution in [0.2, 0.25) is 0 Å². The van der Waals surface area contributed by atoms with Crippen LogP contribution in [-0.4, -0.2) is 23.6 Å². The second-order valence-corrected chi connectivity index (χ2v) is 7.31. The van der Waals surface area contributed by atoms with Gasteiger partial charge in [0.05, 0.1) is 21.4 Å². The normalized spacial score (nSPS) is 13.4. The van der Waals surface area contributed by atoms with Crippen molar-refractivity contribution in [2.24, 2.45) is 0 Å². The summed E-state index contributed by atoms with van der Waals surface area (Å²) < 4.78 is 11.9. The molecule has 1 rings (SSSR count). The number of rotatable bonds is 5. The van der Waals surface area contributed by atoms with Crippen LogP contribution in [0.25, 0.3) is 0 Å². The Balaban J connectivity index is 3.33. The second-order valence-electron chi connectivity index (χ2n) is 5.97. The molecule has 0 spiro atoms. The molecule has 2 nitrogen and oxygen atoms in total. The standard InChI is InChI=1S/C16H27NOS/c1-7-11-17(8-2)14-12-13(16(3,4)5)9-10-15(14)19(6)18/h9-10,12H,7-8,11H2,1-6H3. The summed E-state index contributed by atoms with van der Waals surface area (Å²) in [6.07, 6.45) is 2.86. The number of hydrogen-bond acceptors (Lipinski definition) is 2. The summed E-state index contributed by atoms with van der Waals surface area (Å²) in [5, 5.41) is 0. The van der Waals surface area contributed by atoms with Gasteiger partial charge in [-0.3, -0.25) is 4.21 Å². The predicted molar refractivity (Wildman–Crippen MR) is 85.7 cm³/mol. The Hall–Kier alpha value is -0.830. The fourth-order valence-electron chi connectivity index (χ4n) is 2.19. The zero-order valence-electron chi connectivity index (χ0n) is 13.1. The van der Waals surface area contributed by atoms with Crippen LogP contribution in [0.3, 0.4) is 0 Å². The highest BCUT2D eigenvalue weighted by Crippen LogP contribution is 2.31. The van der Waals surface area contributed by atoms with Crippen LogP contribution in [0, 0.1) is 0 Å². The van der Waals surface area contributed by atoms with Crippen molar-refractivity contribution < 1.29 is 4.21 Å². The number of hydrogen-bond donors (Lipinski definition) is 0. The van der Waals surface area contributed by atoms with E-state index in [-0.39, 0.29) is 5.41 Å². The van der Waals surface area contributed by atoms with E-state index >= 15 is 0 Å². The molecule has 0 heterocycles. The minimum atomic E-state index is -0.943.